The van der Waals surface area contributed by atoms with Crippen LogP contribution in [-0.4, -0.2) is 38.4 Å². The second-order valence-corrected chi connectivity index (χ2v) is 3.44. The predicted octanol–water partition coefficient (Wildman–Crippen LogP) is 0.478. The van der Waals surface area contributed by atoms with Gasteiger partial charge < -0.3 is 4.74 Å². The maximum atomic E-state index is 5.30. The molecule has 1 N–H and O–H groups in total. The van der Waals surface area contributed by atoms with Gasteiger partial charge in [0.1, 0.15) is 0 Å². The lowest BCUT2D eigenvalue weighted by Gasteiger charge is -2.23. The first-order valence-corrected chi connectivity index (χ1v) is 4.21. The highest BCUT2D eigenvalue weighted by atomic mass is 16.5. The third kappa shape index (κ3) is 2.77. The van der Waals surface area contributed by atoms with Crippen LogP contribution in [0.3, 0.4) is 0 Å². The van der Waals surface area contributed by atoms with E-state index < -0.39 is 0 Å². The van der Waals surface area contributed by atoms with Gasteiger partial charge in [0.15, 0.2) is 0 Å². The molecule has 1 aliphatic rings. The second-order valence-electron chi connectivity index (χ2n) is 3.44. The van der Waals surface area contributed by atoms with Gasteiger partial charge in [-0.1, -0.05) is 0 Å². The van der Waals surface area contributed by atoms with Crippen LogP contribution in [0.2, 0.25) is 0 Å². The molecule has 1 aliphatic heterocycles. The molecule has 0 spiro atoms. The molecule has 0 aromatic heterocycles. The van der Waals surface area contributed by atoms with E-state index in [1.165, 1.54) is 6.42 Å². The molecule has 66 valence electrons. The predicted molar refractivity (Wildman–Crippen MR) is 45.2 cm³/mol. The summed E-state index contributed by atoms with van der Waals surface area (Å²) < 4.78 is 5.30. The van der Waals surface area contributed by atoms with E-state index in [0.29, 0.717) is 12.0 Å². The SMILES string of the molecule is CC(NN(C)C)C1CCOC1. The van der Waals surface area contributed by atoms with E-state index in [1.54, 1.807) is 0 Å². The van der Waals surface area contributed by atoms with Crippen LogP contribution in [0.25, 0.3) is 0 Å². The van der Waals surface area contributed by atoms with Crippen molar-refractivity contribution in [2.24, 2.45) is 5.92 Å². The fraction of sp³-hybridized carbons (Fsp3) is 1.00. The summed E-state index contributed by atoms with van der Waals surface area (Å²) in [4.78, 5) is 0. The van der Waals surface area contributed by atoms with Crippen LogP contribution >= 0.6 is 0 Å². The molecule has 0 aromatic carbocycles. The molecule has 0 aromatic rings. The molecule has 1 saturated heterocycles. The summed E-state index contributed by atoms with van der Waals surface area (Å²) in [5.41, 5.74) is 3.34. The maximum absolute atomic E-state index is 5.30. The lowest BCUT2D eigenvalue weighted by Crippen LogP contribution is -2.42. The zero-order chi connectivity index (χ0) is 8.27. The summed E-state index contributed by atoms with van der Waals surface area (Å²) in [6.45, 7) is 4.06. The van der Waals surface area contributed by atoms with Gasteiger partial charge in [0.25, 0.3) is 0 Å². The number of rotatable bonds is 3. The number of hydrazine groups is 1. The van der Waals surface area contributed by atoms with Crippen LogP contribution in [0.5, 0.6) is 0 Å². The van der Waals surface area contributed by atoms with Crippen molar-refractivity contribution in [1.29, 1.82) is 0 Å². The van der Waals surface area contributed by atoms with Gasteiger partial charge in [-0.05, 0) is 13.3 Å². The Morgan fingerprint density at radius 2 is 2.27 bits per heavy atom. The van der Waals surface area contributed by atoms with E-state index >= 15 is 0 Å². The van der Waals surface area contributed by atoms with Crippen molar-refractivity contribution in [3.63, 3.8) is 0 Å². The highest BCUT2D eigenvalue weighted by Gasteiger charge is 2.21. The van der Waals surface area contributed by atoms with Gasteiger partial charge >= 0.3 is 0 Å². The fourth-order valence-electron chi connectivity index (χ4n) is 1.46. The fourth-order valence-corrected chi connectivity index (χ4v) is 1.46. The minimum atomic E-state index is 0.535. The first-order chi connectivity index (χ1) is 5.20. The Hall–Kier alpha value is -0.120. The van der Waals surface area contributed by atoms with Gasteiger partial charge in [-0.15, -0.1) is 0 Å². The molecule has 0 bridgehead atoms. The smallest absolute Gasteiger partial charge is 0.0510 e. The van der Waals surface area contributed by atoms with Gasteiger partial charge in [-0.2, -0.15) is 0 Å². The molecule has 2 atom stereocenters. The first kappa shape index (κ1) is 8.97. The Morgan fingerprint density at radius 3 is 2.73 bits per heavy atom. The Labute approximate surface area is 68.7 Å². The minimum absolute atomic E-state index is 0.535. The van der Waals surface area contributed by atoms with Crippen molar-refractivity contribution < 1.29 is 4.74 Å². The summed E-state index contributed by atoms with van der Waals surface area (Å²) in [5.74, 6) is 0.692. The number of ether oxygens (including phenoxy) is 1. The summed E-state index contributed by atoms with van der Waals surface area (Å²) in [6, 6.07) is 0.535. The van der Waals surface area contributed by atoms with Crippen molar-refractivity contribution >= 4 is 0 Å². The average Bonchev–Trinajstić information content (AvgIpc) is 2.35. The Bertz CT molecular complexity index is 111. The summed E-state index contributed by atoms with van der Waals surface area (Å²) in [6.07, 6.45) is 1.20. The first-order valence-electron chi connectivity index (χ1n) is 4.21. The molecule has 0 aliphatic carbocycles. The third-order valence-electron chi connectivity index (χ3n) is 2.13. The molecule has 2 unspecified atom stereocenters. The molecule has 3 nitrogen and oxygen atoms in total. The molecule has 1 rings (SSSR count). The third-order valence-corrected chi connectivity index (χ3v) is 2.13. The molecule has 0 amide bonds. The zero-order valence-electron chi connectivity index (χ0n) is 7.63. The van der Waals surface area contributed by atoms with Gasteiger partial charge in [-0.25, -0.2) is 0 Å². The van der Waals surface area contributed by atoms with Crippen molar-refractivity contribution in [3.8, 4) is 0 Å². The van der Waals surface area contributed by atoms with E-state index in [-0.39, 0.29) is 0 Å². The van der Waals surface area contributed by atoms with E-state index in [2.05, 4.69) is 12.3 Å². The van der Waals surface area contributed by atoms with Crippen LogP contribution in [0.4, 0.5) is 0 Å². The molecule has 0 radical (unpaired) electrons. The van der Waals surface area contributed by atoms with Gasteiger partial charge in [0.2, 0.25) is 0 Å². The van der Waals surface area contributed by atoms with Crippen molar-refractivity contribution in [2.45, 2.75) is 19.4 Å². The Balaban J connectivity index is 2.22. The maximum Gasteiger partial charge on any atom is 0.0510 e. The largest absolute Gasteiger partial charge is 0.381 e. The highest BCUT2D eigenvalue weighted by Crippen LogP contribution is 2.15. The topological polar surface area (TPSA) is 24.5 Å². The van der Waals surface area contributed by atoms with E-state index in [9.17, 15) is 0 Å². The van der Waals surface area contributed by atoms with E-state index in [4.69, 9.17) is 4.74 Å². The highest BCUT2D eigenvalue weighted by molar-refractivity contribution is 4.73. The zero-order valence-corrected chi connectivity index (χ0v) is 7.63. The molecule has 0 saturated carbocycles. The Kier molecular flexibility index (Phi) is 3.30. The van der Waals surface area contributed by atoms with Crippen LogP contribution in [0.1, 0.15) is 13.3 Å². The van der Waals surface area contributed by atoms with Crippen LogP contribution < -0.4 is 5.43 Å². The lowest BCUT2D eigenvalue weighted by atomic mass is 10.0. The van der Waals surface area contributed by atoms with Crippen molar-refractivity contribution in [2.75, 3.05) is 27.3 Å². The summed E-state index contributed by atoms with van der Waals surface area (Å²) in [5, 5.41) is 2.00. The van der Waals surface area contributed by atoms with Gasteiger partial charge in [-0.3, -0.25) is 10.4 Å². The lowest BCUT2D eigenvalue weighted by molar-refractivity contribution is 0.158. The summed E-state index contributed by atoms with van der Waals surface area (Å²) in [7, 11) is 4.04. The van der Waals surface area contributed by atoms with Crippen LogP contribution in [-0.2, 0) is 4.74 Å². The number of nitrogens with zero attached hydrogens (tertiary/aromatic N) is 1. The number of hydrogen-bond donors (Lipinski definition) is 1. The van der Waals surface area contributed by atoms with Gasteiger partial charge in [0.05, 0.1) is 6.61 Å². The minimum Gasteiger partial charge on any atom is -0.381 e. The molecular formula is C8H18N2O. The standard InChI is InChI=1S/C8H18N2O/c1-7(9-10(2)3)8-4-5-11-6-8/h7-9H,4-6H2,1-3H3. The molecule has 3 heteroatoms. The molecule has 11 heavy (non-hydrogen) atoms. The second kappa shape index (κ2) is 4.04. The van der Waals surface area contributed by atoms with Crippen molar-refractivity contribution in [3.05, 3.63) is 0 Å². The van der Waals surface area contributed by atoms with Crippen LogP contribution in [0, 0.1) is 5.92 Å². The normalized spacial score (nSPS) is 27.8. The van der Waals surface area contributed by atoms with E-state index in [1.807, 2.05) is 19.1 Å². The average molecular weight is 158 g/mol. The van der Waals surface area contributed by atoms with E-state index in [0.717, 1.165) is 13.2 Å². The monoisotopic (exact) mass is 158 g/mol. The Morgan fingerprint density at radius 1 is 1.55 bits per heavy atom. The van der Waals surface area contributed by atoms with Crippen LogP contribution in [0.15, 0.2) is 0 Å². The number of nitrogens with one attached hydrogen (secondary N) is 1. The molecule has 1 heterocycles. The number of hydrogen-bond acceptors (Lipinski definition) is 3. The van der Waals surface area contributed by atoms with Crippen molar-refractivity contribution in [1.82, 2.24) is 10.4 Å². The van der Waals surface area contributed by atoms with Gasteiger partial charge in [0, 0.05) is 32.7 Å². The molecule has 1 fully saturated rings. The quantitative estimate of drug-likeness (QED) is 0.605. The summed E-state index contributed by atoms with van der Waals surface area (Å²) >= 11 is 0. The molecular weight excluding hydrogens is 140 g/mol.